The van der Waals surface area contributed by atoms with E-state index in [1.54, 1.807) is 0 Å². The summed E-state index contributed by atoms with van der Waals surface area (Å²) in [6.45, 7) is 0.613. The predicted octanol–water partition coefficient (Wildman–Crippen LogP) is 1.24. The van der Waals surface area contributed by atoms with Crippen LogP contribution in [0.3, 0.4) is 0 Å². The minimum absolute atomic E-state index is 0.196. The lowest BCUT2D eigenvalue weighted by Gasteiger charge is -2.17. The number of aromatic nitrogens is 1. The third-order valence-corrected chi connectivity index (χ3v) is 3.83. The molecule has 2 rings (SSSR count). The van der Waals surface area contributed by atoms with Crippen LogP contribution in [0.2, 0.25) is 0 Å². The van der Waals surface area contributed by atoms with E-state index in [0.29, 0.717) is 13.0 Å². The van der Waals surface area contributed by atoms with Crippen LogP contribution in [0.5, 0.6) is 0 Å². The number of halogens is 1. The third-order valence-electron chi connectivity index (χ3n) is 3.26. The van der Waals surface area contributed by atoms with E-state index >= 15 is 0 Å². The molecule has 0 aliphatic carbocycles. The highest BCUT2D eigenvalue weighted by Crippen LogP contribution is 2.19. The van der Waals surface area contributed by atoms with Crippen LogP contribution < -0.4 is 10.9 Å². The van der Waals surface area contributed by atoms with Crippen LogP contribution in [0.15, 0.2) is 21.5 Å². The normalized spacial score (nSPS) is 19.1. The molecule has 0 unspecified atom stereocenters. The first-order valence-electron chi connectivity index (χ1n) is 6.32. The van der Waals surface area contributed by atoms with Crippen LogP contribution in [0.4, 0.5) is 0 Å². The fourth-order valence-electron chi connectivity index (χ4n) is 2.22. The first-order valence-corrected chi connectivity index (χ1v) is 7.11. The fourth-order valence-corrected chi connectivity index (χ4v) is 2.67. The maximum atomic E-state index is 12.2. The number of esters is 1. The summed E-state index contributed by atoms with van der Waals surface area (Å²) in [4.78, 5) is 35.8. The van der Waals surface area contributed by atoms with Crippen LogP contribution >= 0.6 is 15.9 Å². The summed E-state index contributed by atoms with van der Waals surface area (Å²) in [6, 6.07) is 0.810. The molecule has 1 aliphatic heterocycles. The SMILES string of the molecule is COC(=O)c1cc(Br)c(=O)n([C@H]2CCCCNC2=O)c1. The van der Waals surface area contributed by atoms with Gasteiger partial charge in [-0.2, -0.15) is 0 Å². The van der Waals surface area contributed by atoms with Crippen molar-refractivity contribution in [2.45, 2.75) is 25.3 Å². The number of hydrogen-bond donors (Lipinski definition) is 1. The minimum atomic E-state index is -0.592. The summed E-state index contributed by atoms with van der Waals surface area (Å²) in [5, 5.41) is 2.77. The van der Waals surface area contributed by atoms with Crippen molar-refractivity contribution in [3.05, 3.63) is 32.7 Å². The zero-order chi connectivity index (χ0) is 14.7. The van der Waals surface area contributed by atoms with E-state index in [-0.39, 0.29) is 21.5 Å². The van der Waals surface area contributed by atoms with Crippen molar-refractivity contribution < 1.29 is 14.3 Å². The number of amides is 1. The number of nitrogens with one attached hydrogen (secondary N) is 1. The van der Waals surface area contributed by atoms with Crippen LogP contribution in [0.25, 0.3) is 0 Å². The molecule has 0 bridgehead atoms. The molecule has 1 aromatic heterocycles. The number of pyridine rings is 1. The highest BCUT2D eigenvalue weighted by Gasteiger charge is 2.25. The number of methoxy groups -OCH3 is 1. The molecule has 1 aliphatic rings. The molecule has 6 nitrogen and oxygen atoms in total. The second-order valence-electron chi connectivity index (χ2n) is 4.58. The quantitative estimate of drug-likeness (QED) is 0.820. The minimum Gasteiger partial charge on any atom is -0.465 e. The Morgan fingerprint density at radius 1 is 1.45 bits per heavy atom. The largest absolute Gasteiger partial charge is 0.465 e. The van der Waals surface area contributed by atoms with Crippen molar-refractivity contribution in [1.29, 1.82) is 0 Å². The van der Waals surface area contributed by atoms with E-state index < -0.39 is 12.0 Å². The molecule has 1 fully saturated rings. The number of rotatable bonds is 2. The van der Waals surface area contributed by atoms with E-state index in [2.05, 4.69) is 26.0 Å². The Hall–Kier alpha value is -1.63. The van der Waals surface area contributed by atoms with Gasteiger partial charge in [-0.05, 0) is 41.3 Å². The number of hydrogen-bond acceptors (Lipinski definition) is 4. The van der Waals surface area contributed by atoms with Gasteiger partial charge in [-0.1, -0.05) is 0 Å². The molecule has 0 spiro atoms. The Morgan fingerprint density at radius 3 is 2.90 bits per heavy atom. The lowest BCUT2D eigenvalue weighted by Crippen LogP contribution is -2.36. The van der Waals surface area contributed by atoms with Gasteiger partial charge in [0.05, 0.1) is 17.1 Å². The molecule has 0 aromatic carbocycles. The maximum Gasteiger partial charge on any atom is 0.339 e. The standard InChI is InChI=1S/C13H15BrN2O4/c1-20-13(19)8-6-9(14)12(18)16(7-8)10-4-2-3-5-15-11(10)17/h6-7,10H,2-5H2,1H3,(H,15,17)/t10-/m0/s1. The Balaban J connectivity index is 2.48. The molecule has 108 valence electrons. The molecule has 1 aromatic rings. The molecule has 1 amide bonds. The highest BCUT2D eigenvalue weighted by molar-refractivity contribution is 9.10. The van der Waals surface area contributed by atoms with Crippen LogP contribution in [-0.2, 0) is 9.53 Å². The third kappa shape index (κ3) is 2.92. The summed E-state index contributed by atoms with van der Waals surface area (Å²) in [5.41, 5.74) is -0.101. The summed E-state index contributed by atoms with van der Waals surface area (Å²) in [5.74, 6) is -0.744. The van der Waals surface area contributed by atoms with Gasteiger partial charge in [0.2, 0.25) is 5.91 Å². The Morgan fingerprint density at radius 2 is 2.20 bits per heavy atom. The van der Waals surface area contributed by atoms with Gasteiger partial charge in [-0.3, -0.25) is 9.59 Å². The van der Waals surface area contributed by atoms with Gasteiger partial charge >= 0.3 is 5.97 Å². The number of ether oxygens (including phenoxy) is 1. The topological polar surface area (TPSA) is 77.4 Å². The van der Waals surface area contributed by atoms with Crippen molar-refractivity contribution in [3.63, 3.8) is 0 Å². The first-order chi connectivity index (χ1) is 9.54. The lowest BCUT2D eigenvalue weighted by molar-refractivity contribution is -0.124. The van der Waals surface area contributed by atoms with Gasteiger partial charge in [0, 0.05) is 12.7 Å². The molecule has 20 heavy (non-hydrogen) atoms. The summed E-state index contributed by atoms with van der Waals surface area (Å²) in [6.07, 6.45) is 3.68. The van der Waals surface area contributed by atoms with Crippen molar-refractivity contribution >= 4 is 27.8 Å². The van der Waals surface area contributed by atoms with E-state index in [1.807, 2.05) is 0 Å². The van der Waals surface area contributed by atoms with Crippen molar-refractivity contribution in [1.82, 2.24) is 9.88 Å². The van der Waals surface area contributed by atoms with Crippen LogP contribution in [-0.4, -0.2) is 30.1 Å². The van der Waals surface area contributed by atoms with Gasteiger partial charge < -0.3 is 14.6 Å². The van der Waals surface area contributed by atoms with Gasteiger partial charge in [0.15, 0.2) is 0 Å². The molecule has 1 atom stereocenters. The number of carbonyl (C=O) groups excluding carboxylic acids is 2. The molecule has 0 saturated carbocycles. The molecular weight excluding hydrogens is 328 g/mol. The molecule has 1 saturated heterocycles. The fraction of sp³-hybridized carbons (Fsp3) is 0.462. The zero-order valence-corrected chi connectivity index (χ0v) is 12.6. The van der Waals surface area contributed by atoms with E-state index in [0.717, 1.165) is 12.8 Å². The second kappa shape index (κ2) is 6.21. The summed E-state index contributed by atoms with van der Waals surface area (Å²) < 4.78 is 6.19. The van der Waals surface area contributed by atoms with Gasteiger partial charge in [0.25, 0.3) is 5.56 Å². The first kappa shape index (κ1) is 14.8. The number of nitrogens with zero attached hydrogens (tertiary/aromatic N) is 1. The molecule has 0 radical (unpaired) electrons. The van der Waals surface area contributed by atoms with Crippen molar-refractivity contribution in [2.75, 3.05) is 13.7 Å². The maximum absolute atomic E-state index is 12.2. The average Bonchev–Trinajstić information content (AvgIpc) is 2.65. The second-order valence-corrected chi connectivity index (χ2v) is 5.44. The smallest absolute Gasteiger partial charge is 0.339 e. The summed E-state index contributed by atoms with van der Waals surface area (Å²) >= 11 is 3.13. The molecule has 7 heteroatoms. The molecule has 2 heterocycles. The van der Waals surface area contributed by atoms with Gasteiger partial charge in [-0.25, -0.2) is 4.79 Å². The van der Waals surface area contributed by atoms with E-state index in [1.165, 1.54) is 23.9 Å². The summed E-state index contributed by atoms with van der Waals surface area (Å²) in [7, 11) is 1.27. The van der Waals surface area contributed by atoms with Crippen LogP contribution in [0.1, 0.15) is 35.7 Å². The zero-order valence-electron chi connectivity index (χ0n) is 11.0. The van der Waals surface area contributed by atoms with E-state index in [9.17, 15) is 14.4 Å². The average molecular weight is 343 g/mol. The highest BCUT2D eigenvalue weighted by atomic mass is 79.9. The Kier molecular flexibility index (Phi) is 4.59. The van der Waals surface area contributed by atoms with Gasteiger partial charge in [0.1, 0.15) is 6.04 Å². The van der Waals surface area contributed by atoms with Crippen molar-refractivity contribution in [2.24, 2.45) is 0 Å². The lowest BCUT2D eigenvalue weighted by atomic mass is 10.1. The molecule has 1 N–H and O–H groups in total. The predicted molar refractivity (Wildman–Crippen MR) is 75.6 cm³/mol. The van der Waals surface area contributed by atoms with E-state index in [4.69, 9.17) is 0 Å². The van der Waals surface area contributed by atoms with Gasteiger partial charge in [-0.15, -0.1) is 0 Å². The van der Waals surface area contributed by atoms with Crippen LogP contribution in [0, 0.1) is 0 Å². The monoisotopic (exact) mass is 342 g/mol. The van der Waals surface area contributed by atoms with Crippen molar-refractivity contribution in [3.8, 4) is 0 Å². The Bertz CT molecular complexity index is 597. The Labute approximate surface area is 124 Å². The number of carbonyl (C=O) groups is 2. The molecular formula is C13H15BrN2O4.